The second kappa shape index (κ2) is 6.74. The molecule has 110 valence electrons. The fraction of sp³-hybridized carbons (Fsp3) is 0.235. The molecule has 2 N–H and O–H groups in total. The van der Waals surface area contributed by atoms with Crippen molar-refractivity contribution >= 4 is 17.3 Å². The molecule has 0 saturated heterocycles. The highest BCUT2D eigenvalue weighted by Gasteiger charge is 2.25. The zero-order valence-electron chi connectivity index (χ0n) is 12.1. The lowest BCUT2D eigenvalue weighted by molar-refractivity contribution is -0.615. The summed E-state index contributed by atoms with van der Waals surface area (Å²) < 4.78 is 0. The topological polar surface area (TPSA) is 36.9 Å². The summed E-state index contributed by atoms with van der Waals surface area (Å²) >= 11 is 0. The zero-order chi connectivity index (χ0) is 13.9. The average molecular weight is 303 g/mol. The predicted molar refractivity (Wildman–Crippen MR) is 80.2 cm³/mol. The van der Waals surface area contributed by atoms with Gasteiger partial charge in [-0.25, -0.2) is 0 Å². The van der Waals surface area contributed by atoms with Gasteiger partial charge in [-0.2, -0.15) is 0 Å². The van der Waals surface area contributed by atoms with E-state index in [1.165, 1.54) is 11.1 Å². The maximum absolute atomic E-state index is 12.6. The molecule has 0 saturated carbocycles. The van der Waals surface area contributed by atoms with Crippen LogP contribution in [-0.2, 0) is 17.6 Å². The Morgan fingerprint density at radius 3 is 1.95 bits per heavy atom. The minimum atomic E-state index is 0. The third-order valence-corrected chi connectivity index (χ3v) is 3.76. The van der Waals surface area contributed by atoms with Gasteiger partial charge in [0, 0.05) is 0 Å². The number of hydrogen-bond acceptors (Lipinski definition) is 1. The fourth-order valence-electron chi connectivity index (χ4n) is 2.81. The quantitative estimate of drug-likeness (QED) is 0.732. The first kappa shape index (κ1) is 15.5. The van der Waals surface area contributed by atoms with Crippen molar-refractivity contribution in [3.05, 3.63) is 59.7 Å². The molecule has 1 amide bonds. The number of rotatable bonds is 2. The van der Waals surface area contributed by atoms with Crippen LogP contribution in [0.15, 0.2) is 48.5 Å². The summed E-state index contributed by atoms with van der Waals surface area (Å²) in [7, 11) is 1.92. The van der Waals surface area contributed by atoms with Gasteiger partial charge in [0.25, 0.3) is 5.91 Å². The van der Waals surface area contributed by atoms with Gasteiger partial charge in [-0.1, -0.05) is 36.4 Å². The number of halogens is 1. The number of amides is 1. The van der Waals surface area contributed by atoms with E-state index < -0.39 is 0 Å². The summed E-state index contributed by atoms with van der Waals surface area (Å²) in [6.07, 6.45) is 1.96. The Hall–Kier alpha value is -1.84. The highest BCUT2D eigenvalue weighted by molar-refractivity contribution is 6.02. The average Bonchev–Trinajstić information content (AvgIpc) is 2.64. The highest BCUT2D eigenvalue weighted by atomic mass is 35.5. The molecule has 3 rings (SSSR count). The smallest absolute Gasteiger partial charge is 0.286 e. The molecule has 4 heteroatoms. The van der Waals surface area contributed by atoms with E-state index in [9.17, 15) is 4.79 Å². The maximum Gasteiger partial charge on any atom is 0.286 e. The number of hydrogen-bond donors (Lipinski definition) is 1. The normalized spacial score (nSPS) is 12.7. The summed E-state index contributed by atoms with van der Waals surface area (Å²) in [5.41, 5.74) is 4.55. The molecular weight excluding hydrogens is 284 g/mol. The first-order valence-electron chi connectivity index (χ1n) is 7.08. The number of nitrogens with zero attached hydrogens (tertiary/aromatic N) is 1. The van der Waals surface area contributed by atoms with E-state index in [0.717, 1.165) is 24.2 Å². The lowest BCUT2D eigenvalue weighted by atomic mass is 10.0. The molecule has 0 unspecified atom stereocenters. The molecular formula is C17H19ClN2O. The molecule has 0 bridgehead atoms. The van der Waals surface area contributed by atoms with E-state index in [0.29, 0.717) is 6.54 Å². The number of carbonyl (C=O) groups is 1. The molecule has 1 aliphatic heterocycles. The molecule has 1 aliphatic rings. The molecule has 0 radical (unpaired) electrons. The molecule has 0 aromatic heterocycles. The monoisotopic (exact) mass is 302 g/mol. The predicted octanol–water partition coefficient (Wildman–Crippen LogP) is -1.35. The molecule has 21 heavy (non-hydrogen) atoms. The van der Waals surface area contributed by atoms with Crippen molar-refractivity contribution in [2.75, 3.05) is 18.5 Å². The number of benzene rings is 2. The largest absolute Gasteiger partial charge is 1.00 e. The van der Waals surface area contributed by atoms with Crippen molar-refractivity contribution in [2.45, 2.75) is 12.8 Å². The molecule has 2 aromatic rings. The second-order valence-corrected chi connectivity index (χ2v) is 5.10. The van der Waals surface area contributed by atoms with Crippen LogP contribution in [0.25, 0.3) is 0 Å². The lowest BCUT2D eigenvalue weighted by Gasteiger charge is -2.24. The van der Waals surface area contributed by atoms with Gasteiger partial charge < -0.3 is 17.7 Å². The van der Waals surface area contributed by atoms with Crippen LogP contribution in [0.2, 0.25) is 0 Å². The Morgan fingerprint density at radius 1 is 1.00 bits per heavy atom. The Morgan fingerprint density at radius 2 is 1.48 bits per heavy atom. The molecule has 0 spiro atoms. The van der Waals surface area contributed by atoms with Crippen LogP contribution in [0.5, 0.6) is 0 Å². The molecule has 1 heterocycles. The summed E-state index contributed by atoms with van der Waals surface area (Å²) in [6.45, 7) is 0.461. The van der Waals surface area contributed by atoms with Crippen LogP contribution >= 0.6 is 0 Å². The lowest BCUT2D eigenvalue weighted by Crippen LogP contribution is -3.00. The summed E-state index contributed by atoms with van der Waals surface area (Å²) in [6, 6.07) is 16.4. The van der Waals surface area contributed by atoms with E-state index in [-0.39, 0.29) is 18.3 Å². The zero-order valence-corrected chi connectivity index (χ0v) is 12.8. The van der Waals surface area contributed by atoms with Crippen LogP contribution in [0.4, 0.5) is 11.4 Å². The fourth-order valence-corrected chi connectivity index (χ4v) is 2.81. The van der Waals surface area contributed by atoms with Gasteiger partial charge in [-0.15, -0.1) is 0 Å². The van der Waals surface area contributed by atoms with Crippen LogP contribution in [0.3, 0.4) is 0 Å². The Labute approximate surface area is 131 Å². The van der Waals surface area contributed by atoms with Crippen molar-refractivity contribution in [3.63, 3.8) is 0 Å². The van der Waals surface area contributed by atoms with E-state index in [4.69, 9.17) is 0 Å². The van der Waals surface area contributed by atoms with Gasteiger partial charge in [-0.05, 0) is 36.1 Å². The SMILES string of the molecule is C[NH2+]CC(=O)N1c2ccccc2CCc2ccccc21.[Cl-]. The van der Waals surface area contributed by atoms with Gasteiger partial charge >= 0.3 is 0 Å². The second-order valence-electron chi connectivity index (χ2n) is 5.10. The summed E-state index contributed by atoms with van der Waals surface area (Å²) in [4.78, 5) is 14.5. The number of fused-ring (bicyclic) bond motifs is 2. The van der Waals surface area contributed by atoms with E-state index in [1.54, 1.807) is 0 Å². The van der Waals surface area contributed by atoms with Gasteiger partial charge in [-0.3, -0.25) is 9.69 Å². The van der Waals surface area contributed by atoms with Crippen LogP contribution in [0, 0.1) is 0 Å². The Bertz CT molecular complexity index is 595. The van der Waals surface area contributed by atoms with Crippen molar-refractivity contribution in [1.29, 1.82) is 0 Å². The van der Waals surface area contributed by atoms with Crippen molar-refractivity contribution < 1.29 is 22.5 Å². The van der Waals surface area contributed by atoms with Gasteiger partial charge in [0.1, 0.15) is 0 Å². The highest BCUT2D eigenvalue weighted by Crippen LogP contribution is 2.35. The van der Waals surface area contributed by atoms with E-state index >= 15 is 0 Å². The standard InChI is InChI=1S/C17H18N2O.ClH/c1-18-12-17(20)19-15-8-4-2-6-13(15)10-11-14-7-3-5-9-16(14)19;/h2-9,18H,10-12H2,1H3;1H. The molecule has 0 fully saturated rings. The maximum atomic E-state index is 12.6. The van der Waals surface area contributed by atoms with Crippen LogP contribution < -0.4 is 22.6 Å². The molecule has 2 aromatic carbocycles. The third kappa shape index (κ3) is 2.94. The van der Waals surface area contributed by atoms with Crippen molar-refractivity contribution in [3.8, 4) is 0 Å². The van der Waals surface area contributed by atoms with Crippen molar-refractivity contribution in [2.24, 2.45) is 0 Å². The minimum Gasteiger partial charge on any atom is -1.00 e. The summed E-state index contributed by atoms with van der Waals surface area (Å²) in [5.74, 6) is 0.134. The van der Waals surface area contributed by atoms with Gasteiger partial charge in [0.2, 0.25) is 0 Å². The Balaban J connectivity index is 0.00000161. The molecule has 3 nitrogen and oxygen atoms in total. The molecule has 0 atom stereocenters. The molecule has 0 aliphatic carbocycles. The number of carbonyl (C=O) groups excluding carboxylic acids is 1. The number of likely N-dealkylation sites (N-methyl/N-ethyl adjacent to an activating group) is 1. The number of quaternary nitrogens is 1. The van der Waals surface area contributed by atoms with Gasteiger partial charge in [0.05, 0.1) is 18.4 Å². The number of aryl methyl sites for hydroxylation is 2. The summed E-state index contributed by atoms with van der Waals surface area (Å²) in [5, 5.41) is 1.92. The third-order valence-electron chi connectivity index (χ3n) is 3.76. The first-order valence-corrected chi connectivity index (χ1v) is 7.08. The van der Waals surface area contributed by atoms with Crippen molar-refractivity contribution in [1.82, 2.24) is 0 Å². The minimum absolute atomic E-state index is 0. The van der Waals surface area contributed by atoms with E-state index in [1.807, 2.05) is 53.7 Å². The van der Waals surface area contributed by atoms with Crippen LogP contribution in [0.1, 0.15) is 11.1 Å². The van der Waals surface area contributed by atoms with Gasteiger partial charge in [0.15, 0.2) is 6.54 Å². The van der Waals surface area contributed by atoms with E-state index in [2.05, 4.69) is 12.1 Å². The first-order chi connectivity index (χ1) is 9.81. The number of anilines is 2. The number of nitrogens with two attached hydrogens (primary N) is 1. The Kier molecular flexibility index (Phi) is 4.99. The van der Waals surface area contributed by atoms with Crippen LogP contribution in [-0.4, -0.2) is 19.5 Å². The number of para-hydroxylation sites is 2.